The average Bonchev–Trinajstić information content (AvgIpc) is 3.16. The van der Waals surface area contributed by atoms with Crippen molar-refractivity contribution in [1.82, 2.24) is 5.43 Å². The second-order valence-electron chi connectivity index (χ2n) is 5.99. The minimum absolute atomic E-state index is 0.00149. The monoisotopic (exact) mass is 433 g/mol. The third-order valence-corrected chi connectivity index (χ3v) is 4.04. The molecule has 0 spiro atoms. The molecule has 154 valence electrons. The van der Waals surface area contributed by atoms with Crippen molar-refractivity contribution >= 4 is 35.2 Å². The van der Waals surface area contributed by atoms with Crippen LogP contribution in [0.3, 0.4) is 0 Å². The third-order valence-electron chi connectivity index (χ3n) is 3.85. The number of thiocarbonyl (C=S) groups is 1. The first-order valence-electron chi connectivity index (χ1n) is 8.43. The van der Waals surface area contributed by atoms with E-state index in [4.69, 9.17) is 21.7 Å². The number of carbonyl (C=O) groups is 1. The standard InChI is InChI=1S/C20H14F3N3O3S/c21-20(22,23)14-2-1-3-15(10-14)25-19(30)26-24-11-16-8-9-17(29-16)12-4-6-13(7-5-12)18(27)28/h1-11H,(H,27,28)(H2,25,26,30)/b24-11+. The van der Waals surface area contributed by atoms with Gasteiger partial charge in [-0.15, -0.1) is 0 Å². The van der Waals surface area contributed by atoms with Crippen LogP contribution in [0.25, 0.3) is 11.3 Å². The van der Waals surface area contributed by atoms with Crippen LogP contribution >= 0.6 is 12.2 Å². The van der Waals surface area contributed by atoms with Crippen molar-refractivity contribution in [3.8, 4) is 11.3 Å². The maximum Gasteiger partial charge on any atom is 0.416 e. The molecule has 2 aromatic carbocycles. The van der Waals surface area contributed by atoms with E-state index in [1.165, 1.54) is 30.5 Å². The summed E-state index contributed by atoms with van der Waals surface area (Å²) in [7, 11) is 0. The van der Waals surface area contributed by atoms with Crippen molar-refractivity contribution in [3.05, 3.63) is 77.6 Å². The van der Waals surface area contributed by atoms with E-state index in [2.05, 4.69) is 15.8 Å². The first-order chi connectivity index (χ1) is 14.2. The van der Waals surface area contributed by atoms with Crippen molar-refractivity contribution in [2.45, 2.75) is 6.18 Å². The minimum Gasteiger partial charge on any atom is -0.478 e. The van der Waals surface area contributed by atoms with Gasteiger partial charge in [-0.1, -0.05) is 18.2 Å². The largest absolute Gasteiger partial charge is 0.478 e. The van der Waals surface area contributed by atoms with Gasteiger partial charge in [-0.05, 0) is 54.7 Å². The number of rotatable bonds is 5. The average molecular weight is 433 g/mol. The summed E-state index contributed by atoms with van der Waals surface area (Å²) in [5.41, 5.74) is 2.72. The molecule has 3 aromatic rings. The topological polar surface area (TPSA) is 86.9 Å². The number of aromatic carboxylic acids is 1. The molecule has 0 unspecified atom stereocenters. The smallest absolute Gasteiger partial charge is 0.416 e. The minimum atomic E-state index is -4.45. The Kier molecular flexibility index (Phi) is 6.17. The van der Waals surface area contributed by atoms with Gasteiger partial charge in [0.25, 0.3) is 0 Å². The molecule has 0 saturated heterocycles. The van der Waals surface area contributed by atoms with Crippen molar-refractivity contribution in [1.29, 1.82) is 0 Å². The molecule has 0 bridgehead atoms. The molecule has 6 nitrogen and oxygen atoms in total. The van der Waals surface area contributed by atoms with Crippen molar-refractivity contribution < 1.29 is 27.5 Å². The number of carboxylic acid groups (broad SMARTS) is 1. The lowest BCUT2D eigenvalue weighted by Crippen LogP contribution is -2.24. The first-order valence-corrected chi connectivity index (χ1v) is 8.84. The highest BCUT2D eigenvalue weighted by atomic mass is 32.1. The molecule has 3 N–H and O–H groups in total. The number of alkyl halides is 3. The summed E-state index contributed by atoms with van der Waals surface area (Å²) < 4.78 is 43.8. The second-order valence-corrected chi connectivity index (χ2v) is 6.40. The molecule has 1 aromatic heterocycles. The highest BCUT2D eigenvalue weighted by Gasteiger charge is 2.30. The van der Waals surface area contributed by atoms with Crippen molar-refractivity contribution in [2.24, 2.45) is 5.10 Å². The highest BCUT2D eigenvalue weighted by molar-refractivity contribution is 7.80. The van der Waals surface area contributed by atoms with Gasteiger partial charge in [-0.2, -0.15) is 18.3 Å². The Labute approximate surface area is 174 Å². The number of nitrogens with zero attached hydrogens (tertiary/aromatic N) is 1. The van der Waals surface area contributed by atoms with E-state index >= 15 is 0 Å². The lowest BCUT2D eigenvalue weighted by Gasteiger charge is -2.10. The van der Waals surface area contributed by atoms with Gasteiger partial charge in [0.1, 0.15) is 11.5 Å². The number of furan rings is 1. The first kappa shape index (κ1) is 21.1. The van der Waals surface area contributed by atoms with Crippen LogP contribution in [0.4, 0.5) is 18.9 Å². The van der Waals surface area contributed by atoms with Gasteiger partial charge in [0.2, 0.25) is 0 Å². The van der Waals surface area contributed by atoms with Crippen LogP contribution in [0.2, 0.25) is 0 Å². The van der Waals surface area contributed by atoms with Crippen LogP contribution in [0.15, 0.2) is 70.2 Å². The normalized spacial score (nSPS) is 11.4. The molecule has 1 heterocycles. The molecule has 0 aliphatic rings. The van der Waals surface area contributed by atoms with Crippen LogP contribution < -0.4 is 10.7 Å². The van der Waals surface area contributed by atoms with Gasteiger partial charge < -0.3 is 14.8 Å². The maximum absolute atomic E-state index is 12.7. The molecule has 30 heavy (non-hydrogen) atoms. The number of hydrogen-bond acceptors (Lipinski definition) is 4. The van der Waals surface area contributed by atoms with Crippen LogP contribution in [0.5, 0.6) is 0 Å². The lowest BCUT2D eigenvalue weighted by molar-refractivity contribution is -0.137. The zero-order valence-corrected chi connectivity index (χ0v) is 15.9. The lowest BCUT2D eigenvalue weighted by atomic mass is 10.1. The van der Waals surface area contributed by atoms with Crippen LogP contribution in [-0.2, 0) is 6.18 Å². The summed E-state index contributed by atoms with van der Waals surface area (Å²) in [6, 6.07) is 14.1. The van der Waals surface area contributed by atoms with E-state index in [0.717, 1.165) is 12.1 Å². The van der Waals surface area contributed by atoms with Gasteiger partial charge in [0.05, 0.1) is 17.3 Å². The van der Waals surface area contributed by atoms with Gasteiger partial charge in [0.15, 0.2) is 5.11 Å². The Bertz CT molecular complexity index is 1090. The fraction of sp³-hybridized carbons (Fsp3) is 0.0500. The molecular formula is C20H14F3N3O3S. The molecule has 0 saturated carbocycles. The molecule has 0 fully saturated rings. The molecule has 0 amide bonds. The Balaban J connectivity index is 1.58. The number of hydrogen-bond donors (Lipinski definition) is 3. The van der Waals surface area contributed by atoms with Gasteiger partial charge in [0, 0.05) is 11.3 Å². The number of nitrogens with one attached hydrogen (secondary N) is 2. The van der Waals surface area contributed by atoms with Gasteiger partial charge in [-0.25, -0.2) is 4.79 Å². The predicted octanol–water partition coefficient (Wildman–Crippen LogP) is 4.98. The summed E-state index contributed by atoms with van der Waals surface area (Å²) in [5.74, 6) is -0.116. The number of benzene rings is 2. The Morgan fingerprint density at radius 1 is 1.10 bits per heavy atom. The van der Waals surface area contributed by atoms with E-state index in [0.29, 0.717) is 17.1 Å². The van der Waals surface area contributed by atoms with E-state index in [-0.39, 0.29) is 16.4 Å². The summed E-state index contributed by atoms with van der Waals surface area (Å²) >= 11 is 5.01. The maximum atomic E-state index is 12.7. The van der Waals surface area contributed by atoms with Crippen LogP contribution in [0.1, 0.15) is 21.7 Å². The summed E-state index contributed by atoms with van der Waals surface area (Å²) in [6.45, 7) is 0. The summed E-state index contributed by atoms with van der Waals surface area (Å²) in [5, 5.41) is 15.4. The molecule has 0 radical (unpaired) electrons. The van der Waals surface area contributed by atoms with Crippen molar-refractivity contribution in [2.75, 3.05) is 5.32 Å². The van der Waals surface area contributed by atoms with Gasteiger partial charge >= 0.3 is 12.1 Å². The summed E-state index contributed by atoms with van der Waals surface area (Å²) in [4.78, 5) is 10.9. The summed E-state index contributed by atoms with van der Waals surface area (Å²) in [6.07, 6.45) is -3.11. The second kappa shape index (κ2) is 8.78. The molecule has 3 rings (SSSR count). The molecule has 10 heteroatoms. The zero-order chi connectivity index (χ0) is 21.7. The molecular weight excluding hydrogens is 419 g/mol. The van der Waals surface area contributed by atoms with Crippen LogP contribution in [0, 0.1) is 0 Å². The highest BCUT2D eigenvalue weighted by Crippen LogP contribution is 2.30. The zero-order valence-electron chi connectivity index (χ0n) is 15.1. The third kappa shape index (κ3) is 5.45. The van der Waals surface area contributed by atoms with E-state index < -0.39 is 17.7 Å². The fourth-order valence-corrected chi connectivity index (χ4v) is 2.61. The molecule has 0 atom stereocenters. The van der Waals surface area contributed by atoms with Crippen LogP contribution in [-0.4, -0.2) is 22.4 Å². The molecule has 0 aliphatic carbocycles. The number of anilines is 1. The predicted molar refractivity (Wildman–Crippen MR) is 109 cm³/mol. The van der Waals surface area contributed by atoms with Gasteiger partial charge in [-0.3, -0.25) is 5.43 Å². The van der Waals surface area contributed by atoms with E-state index in [1.807, 2.05) is 0 Å². The fourth-order valence-electron chi connectivity index (χ4n) is 2.44. The van der Waals surface area contributed by atoms with Crippen molar-refractivity contribution in [3.63, 3.8) is 0 Å². The number of halogens is 3. The van der Waals surface area contributed by atoms with E-state index in [9.17, 15) is 18.0 Å². The number of carboxylic acids is 1. The Hall–Kier alpha value is -3.66. The Morgan fingerprint density at radius 2 is 1.83 bits per heavy atom. The SMILES string of the molecule is O=C(O)c1ccc(-c2ccc(/C=N/NC(=S)Nc3cccc(C(F)(F)F)c3)o2)cc1. The van der Waals surface area contributed by atoms with E-state index in [1.54, 1.807) is 24.3 Å². The number of hydrazone groups is 1. The Morgan fingerprint density at radius 3 is 2.50 bits per heavy atom. The quantitative estimate of drug-likeness (QED) is 0.299. The molecule has 0 aliphatic heterocycles.